The maximum atomic E-state index is 4.12. The molecular formula is C10H19N. The Balaban J connectivity index is 2.44. The summed E-state index contributed by atoms with van der Waals surface area (Å²) in [5.74, 6) is 0.777. The van der Waals surface area contributed by atoms with Gasteiger partial charge in [-0.25, -0.2) is 0 Å². The maximum Gasteiger partial charge on any atom is 0.0171 e. The second-order valence-corrected chi connectivity index (χ2v) is 3.54. The summed E-state index contributed by atoms with van der Waals surface area (Å²) in [6.07, 6.45) is 5.32. The maximum absolute atomic E-state index is 4.12. The Labute approximate surface area is 70.1 Å². The minimum absolute atomic E-state index is 0.777. The van der Waals surface area contributed by atoms with E-state index in [4.69, 9.17) is 0 Å². The smallest absolute Gasteiger partial charge is 0.0171 e. The molecule has 1 atom stereocenters. The number of rotatable bonds is 2. The quantitative estimate of drug-likeness (QED) is 0.589. The Kier molecular flexibility index (Phi) is 2.98. The molecule has 0 aliphatic carbocycles. The minimum atomic E-state index is 0.777. The lowest BCUT2D eigenvalue weighted by molar-refractivity contribution is 0.273. The molecule has 1 unspecified atom stereocenters. The minimum Gasteiger partial charge on any atom is -0.378 e. The third-order valence-corrected chi connectivity index (χ3v) is 2.64. The molecule has 1 aliphatic rings. The van der Waals surface area contributed by atoms with Crippen molar-refractivity contribution < 1.29 is 0 Å². The fraction of sp³-hybridized carbons (Fsp3) is 0.800. The molecule has 1 saturated heterocycles. The van der Waals surface area contributed by atoms with Gasteiger partial charge in [0.25, 0.3) is 0 Å². The van der Waals surface area contributed by atoms with Crippen LogP contribution in [0.2, 0.25) is 0 Å². The van der Waals surface area contributed by atoms with Gasteiger partial charge in [0.15, 0.2) is 0 Å². The highest BCUT2D eigenvalue weighted by atomic mass is 15.1. The van der Waals surface area contributed by atoms with Crippen LogP contribution in [-0.2, 0) is 0 Å². The highest BCUT2D eigenvalue weighted by molar-refractivity contribution is 5.01. The van der Waals surface area contributed by atoms with Crippen molar-refractivity contribution >= 4 is 0 Å². The number of hydrogen-bond donors (Lipinski definition) is 0. The van der Waals surface area contributed by atoms with Crippen molar-refractivity contribution in [1.29, 1.82) is 0 Å². The summed E-state index contributed by atoms with van der Waals surface area (Å²) in [5.41, 5.74) is 1.36. The average molecular weight is 153 g/mol. The van der Waals surface area contributed by atoms with Crippen LogP contribution in [0.25, 0.3) is 0 Å². The Bertz CT molecular complexity index is 138. The van der Waals surface area contributed by atoms with Crippen LogP contribution in [-0.4, -0.2) is 18.5 Å². The fourth-order valence-corrected chi connectivity index (χ4v) is 1.86. The van der Waals surface area contributed by atoms with Gasteiger partial charge < -0.3 is 4.90 Å². The second kappa shape index (κ2) is 3.80. The Morgan fingerprint density at radius 2 is 2.36 bits per heavy atom. The van der Waals surface area contributed by atoms with Crippen LogP contribution >= 0.6 is 0 Å². The van der Waals surface area contributed by atoms with Gasteiger partial charge in [0.1, 0.15) is 0 Å². The van der Waals surface area contributed by atoms with Gasteiger partial charge in [0.2, 0.25) is 0 Å². The van der Waals surface area contributed by atoms with E-state index in [-0.39, 0.29) is 0 Å². The fourth-order valence-electron chi connectivity index (χ4n) is 1.86. The normalized spacial score (nSPS) is 25.8. The van der Waals surface area contributed by atoms with Crippen molar-refractivity contribution in [2.24, 2.45) is 5.92 Å². The molecule has 0 N–H and O–H groups in total. The van der Waals surface area contributed by atoms with Crippen LogP contribution in [0.1, 0.15) is 32.6 Å². The Morgan fingerprint density at radius 1 is 1.64 bits per heavy atom. The van der Waals surface area contributed by atoms with E-state index in [1.807, 2.05) is 0 Å². The largest absolute Gasteiger partial charge is 0.378 e. The van der Waals surface area contributed by atoms with Crippen LogP contribution in [0.15, 0.2) is 12.3 Å². The van der Waals surface area contributed by atoms with E-state index < -0.39 is 0 Å². The predicted octanol–water partition coefficient (Wildman–Crippen LogP) is 2.64. The van der Waals surface area contributed by atoms with Crippen LogP contribution in [0.5, 0.6) is 0 Å². The molecule has 0 bridgehead atoms. The summed E-state index contributed by atoms with van der Waals surface area (Å²) in [7, 11) is 2.16. The van der Waals surface area contributed by atoms with E-state index in [0.717, 1.165) is 5.92 Å². The zero-order valence-corrected chi connectivity index (χ0v) is 7.77. The first-order valence-electron chi connectivity index (χ1n) is 4.65. The van der Waals surface area contributed by atoms with Crippen molar-refractivity contribution in [2.75, 3.05) is 13.6 Å². The zero-order valence-electron chi connectivity index (χ0n) is 7.77. The molecule has 0 aromatic heterocycles. The average Bonchev–Trinajstić information content (AvgIpc) is 1.99. The third kappa shape index (κ3) is 1.98. The van der Waals surface area contributed by atoms with Crippen LogP contribution in [0.3, 0.4) is 0 Å². The molecule has 0 spiro atoms. The molecular weight excluding hydrogens is 134 g/mol. The molecule has 1 nitrogen and oxygen atoms in total. The van der Waals surface area contributed by atoms with E-state index in [0.29, 0.717) is 0 Å². The van der Waals surface area contributed by atoms with Crippen LogP contribution in [0, 0.1) is 5.92 Å². The zero-order chi connectivity index (χ0) is 8.27. The lowest BCUT2D eigenvalue weighted by Gasteiger charge is -2.33. The molecule has 64 valence electrons. The topological polar surface area (TPSA) is 3.24 Å². The molecule has 1 heterocycles. The number of piperidine rings is 1. The molecule has 0 saturated carbocycles. The molecule has 1 rings (SSSR count). The molecule has 11 heavy (non-hydrogen) atoms. The highest BCUT2D eigenvalue weighted by Gasteiger charge is 2.19. The van der Waals surface area contributed by atoms with Crippen molar-refractivity contribution in [2.45, 2.75) is 32.6 Å². The van der Waals surface area contributed by atoms with Gasteiger partial charge in [-0.3, -0.25) is 0 Å². The lowest BCUT2D eigenvalue weighted by atomic mass is 9.91. The predicted molar refractivity (Wildman–Crippen MR) is 49.4 cm³/mol. The van der Waals surface area contributed by atoms with Gasteiger partial charge in [0.05, 0.1) is 0 Å². The van der Waals surface area contributed by atoms with Gasteiger partial charge >= 0.3 is 0 Å². The molecule has 0 aromatic rings. The lowest BCUT2D eigenvalue weighted by Crippen LogP contribution is -2.29. The highest BCUT2D eigenvalue weighted by Crippen LogP contribution is 2.27. The Hall–Kier alpha value is -0.460. The number of nitrogens with zero attached hydrogens (tertiary/aromatic N) is 1. The van der Waals surface area contributed by atoms with Gasteiger partial charge in [-0.2, -0.15) is 0 Å². The number of allylic oxidation sites excluding steroid dienone is 1. The van der Waals surface area contributed by atoms with Gasteiger partial charge in [-0.05, 0) is 25.2 Å². The Morgan fingerprint density at radius 3 is 3.00 bits per heavy atom. The summed E-state index contributed by atoms with van der Waals surface area (Å²) in [6, 6.07) is 0. The molecule has 1 aliphatic heterocycles. The first-order chi connectivity index (χ1) is 5.25. The van der Waals surface area contributed by atoms with Gasteiger partial charge in [-0.1, -0.05) is 19.9 Å². The summed E-state index contributed by atoms with van der Waals surface area (Å²) < 4.78 is 0. The molecule has 1 fully saturated rings. The van der Waals surface area contributed by atoms with E-state index in [9.17, 15) is 0 Å². The monoisotopic (exact) mass is 153 g/mol. The third-order valence-electron chi connectivity index (χ3n) is 2.64. The molecule has 0 amide bonds. The van der Waals surface area contributed by atoms with E-state index in [2.05, 4.69) is 25.5 Å². The van der Waals surface area contributed by atoms with Crippen molar-refractivity contribution in [3.05, 3.63) is 12.3 Å². The van der Waals surface area contributed by atoms with Crippen LogP contribution < -0.4 is 0 Å². The summed E-state index contributed by atoms with van der Waals surface area (Å²) in [4.78, 5) is 2.31. The SMILES string of the molecule is C=C1C(CCC)CCCN1C. The van der Waals surface area contributed by atoms with E-state index in [1.165, 1.54) is 37.9 Å². The van der Waals surface area contributed by atoms with Crippen molar-refractivity contribution in [3.8, 4) is 0 Å². The first-order valence-corrected chi connectivity index (χ1v) is 4.65. The van der Waals surface area contributed by atoms with E-state index >= 15 is 0 Å². The number of hydrogen-bond acceptors (Lipinski definition) is 1. The molecule has 0 aromatic carbocycles. The van der Waals surface area contributed by atoms with Gasteiger partial charge in [-0.15, -0.1) is 0 Å². The second-order valence-electron chi connectivity index (χ2n) is 3.54. The first kappa shape index (κ1) is 8.63. The standard InChI is InChI=1S/C10H19N/c1-4-6-10-7-5-8-11(3)9(10)2/h10H,2,4-8H2,1,3H3. The summed E-state index contributed by atoms with van der Waals surface area (Å²) >= 11 is 0. The molecule has 1 heteroatoms. The number of likely N-dealkylation sites (tertiary alicyclic amines) is 1. The summed E-state index contributed by atoms with van der Waals surface area (Å²) in [5, 5.41) is 0. The van der Waals surface area contributed by atoms with Crippen molar-refractivity contribution in [1.82, 2.24) is 4.90 Å². The molecule has 0 radical (unpaired) electrons. The van der Waals surface area contributed by atoms with Crippen molar-refractivity contribution in [3.63, 3.8) is 0 Å². The van der Waals surface area contributed by atoms with E-state index in [1.54, 1.807) is 0 Å². The van der Waals surface area contributed by atoms with Gasteiger partial charge in [0, 0.05) is 19.3 Å². The van der Waals surface area contributed by atoms with Crippen LogP contribution in [0.4, 0.5) is 0 Å². The summed E-state index contributed by atoms with van der Waals surface area (Å²) in [6.45, 7) is 7.58.